The van der Waals surface area contributed by atoms with Gasteiger partial charge in [0.2, 0.25) is 0 Å². The maximum atomic E-state index is 13.5. The normalized spacial score (nSPS) is 10.4. The van der Waals surface area contributed by atoms with E-state index in [0.29, 0.717) is 16.4 Å². The minimum absolute atomic E-state index is 0.290. The number of amides is 1. The van der Waals surface area contributed by atoms with Gasteiger partial charge in [-0.25, -0.2) is 13.8 Å². The molecule has 0 radical (unpaired) electrons. The minimum Gasteiger partial charge on any atom is -0.396 e. The molecule has 0 fully saturated rings. The molecule has 2 aromatic rings. The number of nitrogens with zero attached hydrogens (tertiary/aromatic N) is 1. The van der Waals surface area contributed by atoms with E-state index in [9.17, 15) is 13.6 Å². The second kappa shape index (κ2) is 5.54. The van der Waals surface area contributed by atoms with Crippen LogP contribution in [-0.2, 0) is 0 Å². The molecule has 3 N–H and O–H groups in total. The largest absolute Gasteiger partial charge is 0.396 e. The summed E-state index contributed by atoms with van der Waals surface area (Å²) < 4.78 is 27.2. The first-order valence-electron chi connectivity index (χ1n) is 5.56. The Hall–Kier alpha value is -2.02. The predicted octanol–water partition coefficient (Wildman–Crippen LogP) is 3.27. The Kier molecular flexibility index (Phi) is 3.99. The van der Waals surface area contributed by atoms with Crippen LogP contribution in [-0.4, -0.2) is 10.9 Å². The number of rotatable bonds is 2. The van der Waals surface area contributed by atoms with Crippen molar-refractivity contribution in [1.29, 1.82) is 0 Å². The van der Waals surface area contributed by atoms with Gasteiger partial charge in [0.15, 0.2) is 0 Å². The highest BCUT2D eigenvalue weighted by Gasteiger charge is 2.15. The van der Waals surface area contributed by atoms with E-state index in [0.717, 1.165) is 11.6 Å². The molecule has 104 valence electrons. The highest BCUT2D eigenvalue weighted by molar-refractivity contribution is 9.10. The Balaban J connectivity index is 2.28. The Morgan fingerprint density at radius 1 is 1.30 bits per heavy atom. The van der Waals surface area contributed by atoms with Gasteiger partial charge in [0.25, 0.3) is 5.91 Å². The van der Waals surface area contributed by atoms with Crippen LogP contribution in [0.1, 0.15) is 15.9 Å². The van der Waals surface area contributed by atoms with Crippen molar-refractivity contribution in [2.24, 2.45) is 0 Å². The van der Waals surface area contributed by atoms with Gasteiger partial charge in [0.1, 0.15) is 16.2 Å². The van der Waals surface area contributed by atoms with E-state index in [4.69, 9.17) is 5.73 Å². The van der Waals surface area contributed by atoms with Crippen molar-refractivity contribution in [2.75, 3.05) is 11.1 Å². The molecular formula is C13H10BrF2N3O. The second-order valence-electron chi connectivity index (χ2n) is 4.14. The quantitative estimate of drug-likeness (QED) is 0.650. The van der Waals surface area contributed by atoms with Gasteiger partial charge < -0.3 is 11.1 Å². The molecular weight excluding hydrogens is 332 g/mol. The monoisotopic (exact) mass is 341 g/mol. The van der Waals surface area contributed by atoms with Crippen molar-refractivity contribution in [2.45, 2.75) is 6.92 Å². The summed E-state index contributed by atoms with van der Waals surface area (Å²) in [5.74, 6) is -2.60. The molecule has 0 unspecified atom stereocenters. The van der Waals surface area contributed by atoms with Crippen LogP contribution in [0, 0.1) is 18.6 Å². The fourth-order valence-corrected chi connectivity index (χ4v) is 1.78. The van der Waals surface area contributed by atoms with Crippen molar-refractivity contribution in [3.63, 3.8) is 0 Å². The van der Waals surface area contributed by atoms with Crippen LogP contribution in [0.2, 0.25) is 0 Å². The number of hydrogen-bond acceptors (Lipinski definition) is 3. The van der Waals surface area contributed by atoms with Crippen molar-refractivity contribution >= 4 is 33.2 Å². The Morgan fingerprint density at radius 3 is 2.65 bits per heavy atom. The average molecular weight is 342 g/mol. The number of nitrogens with two attached hydrogens (primary N) is 1. The molecule has 1 amide bonds. The van der Waals surface area contributed by atoms with Crippen molar-refractivity contribution in [1.82, 2.24) is 4.98 Å². The van der Waals surface area contributed by atoms with E-state index < -0.39 is 17.5 Å². The van der Waals surface area contributed by atoms with E-state index >= 15 is 0 Å². The molecule has 1 heterocycles. The van der Waals surface area contributed by atoms with E-state index in [-0.39, 0.29) is 11.3 Å². The average Bonchev–Trinajstić information content (AvgIpc) is 2.38. The summed E-state index contributed by atoms with van der Waals surface area (Å²) in [6, 6.07) is 3.20. The smallest absolute Gasteiger partial charge is 0.258 e. The molecule has 7 heteroatoms. The third kappa shape index (κ3) is 2.93. The van der Waals surface area contributed by atoms with Gasteiger partial charge >= 0.3 is 0 Å². The van der Waals surface area contributed by atoms with E-state index in [2.05, 4.69) is 26.2 Å². The van der Waals surface area contributed by atoms with Crippen molar-refractivity contribution < 1.29 is 13.6 Å². The first-order chi connectivity index (χ1) is 9.38. The summed E-state index contributed by atoms with van der Waals surface area (Å²) in [4.78, 5) is 15.9. The molecule has 1 aromatic heterocycles. The van der Waals surface area contributed by atoms with Gasteiger partial charge in [-0.05, 0) is 40.5 Å². The van der Waals surface area contributed by atoms with Gasteiger partial charge in [-0.2, -0.15) is 0 Å². The lowest BCUT2D eigenvalue weighted by atomic mass is 10.1. The van der Waals surface area contributed by atoms with Crippen molar-refractivity contribution in [3.8, 4) is 0 Å². The lowest BCUT2D eigenvalue weighted by molar-refractivity contribution is 0.102. The van der Waals surface area contributed by atoms with Crippen LogP contribution in [0.4, 0.5) is 20.2 Å². The van der Waals surface area contributed by atoms with Gasteiger partial charge in [-0.1, -0.05) is 0 Å². The zero-order valence-corrected chi connectivity index (χ0v) is 12.0. The van der Waals surface area contributed by atoms with Crippen LogP contribution in [0.15, 0.2) is 29.0 Å². The summed E-state index contributed by atoms with van der Waals surface area (Å²) in [6.07, 6.45) is 1.42. The van der Waals surface area contributed by atoms with Gasteiger partial charge in [-0.15, -0.1) is 0 Å². The summed E-state index contributed by atoms with van der Waals surface area (Å²) in [5, 5.41) is 2.47. The van der Waals surface area contributed by atoms with Gasteiger partial charge in [-0.3, -0.25) is 4.79 Å². The van der Waals surface area contributed by atoms with Crippen LogP contribution < -0.4 is 11.1 Å². The molecule has 0 aliphatic rings. The zero-order chi connectivity index (χ0) is 14.9. The topological polar surface area (TPSA) is 68.0 Å². The molecule has 20 heavy (non-hydrogen) atoms. The lowest BCUT2D eigenvalue weighted by Gasteiger charge is -2.08. The number of nitrogens with one attached hydrogen (secondary N) is 1. The number of carbonyl (C=O) groups excluding carboxylic acids is 1. The van der Waals surface area contributed by atoms with E-state index in [1.807, 2.05) is 0 Å². The predicted molar refractivity (Wildman–Crippen MR) is 75.4 cm³/mol. The Bertz CT molecular complexity index is 692. The van der Waals surface area contributed by atoms with E-state index in [1.54, 1.807) is 13.0 Å². The molecule has 0 aliphatic heterocycles. The third-order valence-corrected chi connectivity index (χ3v) is 3.43. The molecule has 0 bridgehead atoms. The number of nitrogen functional groups attached to an aromatic ring is 1. The van der Waals surface area contributed by atoms with Gasteiger partial charge in [0, 0.05) is 6.07 Å². The third-order valence-electron chi connectivity index (χ3n) is 2.60. The SMILES string of the molecule is Cc1cc(NC(=O)c2cc(N)c(F)cc2F)cnc1Br. The number of halogens is 3. The maximum absolute atomic E-state index is 13.5. The summed E-state index contributed by atoms with van der Waals surface area (Å²) >= 11 is 3.23. The number of aryl methyl sites for hydroxylation is 1. The Morgan fingerprint density at radius 2 is 2.00 bits per heavy atom. The highest BCUT2D eigenvalue weighted by atomic mass is 79.9. The zero-order valence-electron chi connectivity index (χ0n) is 10.4. The second-order valence-corrected chi connectivity index (χ2v) is 4.89. The lowest BCUT2D eigenvalue weighted by Crippen LogP contribution is -2.15. The minimum atomic E-state index is -0.976. The molecule has 0 saturated heterocycles. The molecule has 2 rings (SSSR count). The number of benzene rings is 1. The molecule has 0 spiro atoms. The number of anilines is 2. The fourth-order valence-electron chi connectivity index (χ4n) is 1.56. The standard InChI is InChI=1S/C13H10BrF2N3O/c1-6-2-7(5-18-12(6)14)19-13(20)8-3-11(17)10(16)4-9(8)15/h2-5H,17H2,1H3,(H,19,20). The molecule has 0 atom stereocenters. The molecule has 0 aliphatic carbocycles. The first kappa shape index (κ1) is 14.4. The molecule has 4 nitrogen and oxygen atoms in total. The van der Waals surface area contributed by atoms with Gasteiger partial charge in [0.05, 0.1) is 23.1 Å². The number of pyridine rings is 1. The highest BCUT2D eigenvalue weighted by Crippen LogP contribution is 2.20. The molecule has 0 saturated carbocycles. The number of carbonyl (C=O) groups is 1. The number of aromatic nitrogens is 1. The summed E-state index contributed by atoms with van der Waals surface area (Å²) in [7, 11) is 0. The van der Waals surface area contributed by atoms with Crippen LogP contribution in [0.25, 0.3) is 0 Å². The number of hydrogen-bond donors (Lipinski definition) is 2. The van der Waals surface area contributed by atoms with Crippen LogP contribution in [0.5, 0.6) is 0 Å². The Labute approximate surface area is 122 Å². The first-order valence-corrected chi connectivity index (χ1v) is 6.36. The summed E-state index contributed by atoms with van der Waals surface area (Å²) in [6.45, 7) is 1.79. The van der Waals surface area contributed by atoms with E-state index in [1.165, 1.54) is 6.20 Å². The van der Waals surface area contributed by atoms with Crippen LogP contribution >= 0.6 is 15.9 Å². The maximum Gasteiger partial charge on any atom is 0.258 e. The van der Waals surface area contributed by atoms with Crippen LogP contribution in [0.3, 0.4) is 0 Å². The summed E-state index contributed by atoms with van der Waals surface area (Å²) in [5.41, 5.74) is 5.91. The molecule has 1 aromatic carbocycles. The van der Waals surface area contributed by atoms with Crippen molar-refractivity contribution in [3.05, 3.63) is 51.8 Å². The fraction of sp³-hybridized carbons (Fsp3) is 0.0769.